The Morgan fingerprint density at radius 3 is 0.821 bits per heavy atom. The summed E-state index contributed by atoms with van der Waals surface area (Å²) in [5.74, 6) is 0.653. The van der Waals surface area contributed by atoms with Crippen molar-refractivity contribution in [3.63, 3.8) is 0 Å². The highest BCUT2D eigenvalue weighted by Crippen LogP contribution is 2.44. The molecule has 112 heavy (non-hydrogen) atoms. The van der Waals surface area contributed by atoms with Crippen molar-refractivity contribution in [2.45, 2.75) is 0 Å². The maximum absolute atomic E-state index is 6.24. The number of rotatable bonds is 10. The summed E-state index contributed by atoms with van der Waals surface area (Å²) < 4.78 is 25.8. The van der Waals surface area contributed by atoms with Crippen molar-refractivity contribution in [1.29, 1.82) is 0 Å². The van der Waals surface area contributed by atoms with E-state index in [0.717, 1.165) is 199 Å². The van der Waals surface area contributed by atoms with Crippen LogP contribution in [0.15, 0.2) is 383 Å². The number of para-hydroxylation sites is 6. The third kappa shape index (κ3) is 9.68. The van der Waals surface area contributed by atoms with Crippen molar-refractivity contribution in [3.8, 4) is 95.3 Å². The van der Waals surface area contributed by atoms with Gasteiger partial charge in [0.25, 0.3) is 0 Å². The van der Waals surface area contributed by atoms with E-state index in [-0.39, 0.29) is 0 Å². The number of aromatic nitrogens is 5. The molecule has 0 aliphatic rings. The maximum Gasteiger partial charge on any atom is 0.160 e. The monoisotopic (exact) mass is 1430 g/mol. The predicted molar refractivity (Wildman–Crippen MR) is 462 cm³/mol. The molecule has 8 nitrogen and oxygen atoms in total. The van der Waals surface area contributed by atoms with Gasteiger partial charge in [-0.15, -0.1) is 0 Å². The lowest BCUT2D eigenvalue weighted by Crippen LogP contribution is -1.97. The zero-order valence-electron chi connectivity index (χ0n) is 60.2. The van der Waals surface area contributed by atoms with E-state index in [9.17, 15) is 0 Å². The molecule has 0 unspecified atom stereocenters. The van der Waals surface area contributed by atoms with E-state index in [1.807, 2.05) is 36.4 Å². The van der Waals surface area contributed by atoms with Crippen molar-refractivity contribution in [2.75, 3.05) is 0 Å². The molecule has 0 aliphatic heterocycles. The lowest BCUT2D eigenvalue weighted by molar-refractivity contribution is 0.668. The standard InChI is InChI=1S/C104H61N5O3/c1-7-19-91-77(13-1)83-55-68(71-39-52-100-86(58-71)80-16-4-10-22-97(80)110-100)36-49-94(83)107(91)74-42-29-63(30-43-74)62-25-27-66(28-26-62)104-105-90-48-35-67(64-31-44-75(45-32-64)108-92-20-8-2-14-78(92)84-56-69(37-50-95(84)108)72-40-53-101-87(59-72)81-17-5-11-23-98(81)111-101)61-89(90)103(106-104)65-33-46-76(47-34-65)109-93-21-9-3-15-79(93)85-57-70(38-51-96(85)109)73-41-54-102-88(60-73)82-18-6-12-24-99(82)112-102/h1-61H. The average Bonchev–Trinajstić information content (AvgIpc) is 1.59. The second-order valence-corrected chi connectivity index (χ2v) is 29.5. The minimum Gasteiger partial charge on any atom is -0.456 e. The summed E-state index contributed by atoms with van der Waals surface area (Å²) in [5, 5.41) is 14.9. The second-order valence-electron chi connectivity index (χ2n) is 29.5. The minimum absolute atomic E-state index is 0.653. The number of hydrogen-bond donors (Lipinski definition) is 0. The molecule has 0 amide bonds. The fraction of sp³-hybridized carbons (Fsp3) is 0. The fourth-order valence-electron chi connectivity index (χ4n) is 17.9. The normalized spacial score (nSPS) is 12.1. The van der Waals surface area contributed by atoms with Crippen LogP contribution in [0.1, 0.15) is 0 Å². The van der Waals surface area contributed by atoms with Crippen LogP contribution in [0.25, 0.3) is 237 Å². The fourth-order valence-corrected chi connectivity index (χ4v) is 17.9. The summed E-state index contributed by atoms with van der Waals surface area (Å²) in [5.41, 5.74) is 30.4. The number of nitrogens with zero attached hydrogens (tertiary/aromatic N) is 5. The van der Waals surface area contributed by atoms with Crippen molar-refractivity contribution in [3.05, 3.63) is 370 Å². The van der Waals surface area contributed by atoms with Crippen molar-refractivity contribution >= 4 is 142 Å². The summed E-state index contributed by atoms with van der Waals surface area (Å²) in [7, 11) is 0. The molecule has 7 heterocycles. The van der Waals surface area contributed by atoms with Gasteiger partial charge in [0, 0.05) is 98.2 Å². The molecule has 0 saturated heterocycles. The number of furan rings is 3. The van der Waals surface area contributed by atoms with Crippen LogP contribution in [0.3, 0.4) is 0 Å². The minimum atomic E-state index is 0.653. The topological polar surface area (TPSA) is 80.0 Å². The first-order valence-corrected chi connectivity index (χ1v) is 38.0. The molecule has 8 heteroatoms. The highest BCUT2D eigenvalue weighted by molar-refractivity contribution is 6.15. The van der Waals surface area contributed by atoms with E-state index in [1.54, 1.807) is 0 Å². The van der Waals surface area contributed by atoms with E-state index < -0.39 is 0 Å². The first kappa shape index (κ1) is 62.0. The van der Waals surface area contributed by atoms with E-state index in [4.69, 9.17) is 23.2 Å². The molecule has 0 saturated carbocycles. The Balaban J connectivity index is 0.579. The molecule has 24 aromatic rings. The molecule has 24 rings (SSSR count). The molecular weight excluding hydrogens is 1370 g/mol. The van der Waals surface area contributed by atoms with E-state index in [2.05, 4.69) is 347 Å². The number of fused-ring (bicyclic) bond motifs is 19. The molecule has 0 radical (unpaired) electrons. The van der Waals surface area contributed by atoms with Crippen LogP contribution in [-0.2, 0) is 0 Å². The van der Waals surface area contributed by atoms with Crippen molar-refractivity contribution in [2.24, 2.45) is 0 Å². The zero-order valence-corrected chi connectivity index (χ0v) is 60.2. The van der Waals surface area contributed by atoms with Gasteiger partial charge >= 0.3 is 0 Å². The maximum atomic E-state index is 6.24. The van der Waals surface area contributed by atoms with E-state index >= 15 is 0 Å². The summed E-state index contributed by atoms with van der Waals surface area (Å²) in [6.07, 6.45) is 0. The highest BCUT2D eigenvalue weighted by atomic mass is 16.3. The number of benzene rings is 17. The Bertz CT molecular complexity index is 8050. The molecule has 520 valence electrons. The molecule has 0 fully saturated rings. The largest absolute Gasteiger partial charge is 0.456 e. The number of hydrogen-bond acceptors (Lipinski definition) is 5. The van der Waals surface area contributed by atoms with Crippen molar-refractivity contribution < 1.29 is 13.3 Å². The Morgan fingerprint density at radius 2 is 0.429 bits per heavy atom. The van der Waals surface area contributed by atoms with Gasteiger partial charge in [-0.25, -0.2) is 9.97 Å². The predicted octanol–water partition coefficient (Wildman–Crippen LogP) is 28.3. The molecule has 0 atom stereocenters. The van der Waals surface area contributed by atoms with E-state index in [0.29, 0.717) is 5.82 Å². The summed E-state index contributed by atoms with van der Waals surface area (Å²) >= 11 is 0. The SMILES string of the molecule is c1ccc2c(c1)oc1ccc(-c3ccc4c(c3)c3ccccc3n4-c3ccc(-c4ccc(-c5nc(-c6ccc(-n7c8ccccc8c8cc(-c9ccc%10oc%11ccccc%11c%10c9)ccc87)cc6)c6cc(-c7ccc(-n8c9ccccc9c9cc(-c%10ccc%11oc%12ccccc%12c%11c%10)ccc98)cc7)ccc6n5)cc4)cc3)cc12. The lowest BCUT2D eigenvalue weighted by atomic mass is 9.99. The van der Waals surface area contributed by atoms with Crippen LogP contribution in [0, 0.1) is 0 Å². The molecule has 7 aromatic heterocycles. The summed E-state index contributed by atoms with van der Waals surface area (Å²) in [6, 6.07) is 133. The van der Waals surface area contributed by atoms with E-state index in [1.165, 1.54) is 32.3 Å². The Kier molecular flexibility index (Phi) is 13.4. The Morgan fingerprint density at radius 1 is 0.170 bits per heavy atom. The third-order valence-electron chi connectivity index (χ3n) is 23.3. The summed E-state index contributed by atoms with van der Waals surface area (Å²) in [6.45, 7) is 0. The van der Waals surface area contributed by atoms with Crippen LogP contribution in [-0.4, -0.2) is 23.7 Å². The Hall–Kier alpha value is -15.1. The van der Waals surface area contributed by atoms with Gasteiger partial charge in [0.1, 0.15) is 33.5 Å². The Labute approximate surface area is 640 Å². The third-order valence-corrected chi connectivity index (χ3v) is 23.3. The van der Waals surface area contributed by atoms with Gasteiger partial charge in [-0.1, -0.05) is 212 Å². The van der Waals surface area contributed by atoms with Crippen LogP contribution in [0.4, 0.5) is 0 Å². The molecule has 17 aromatic carbocycles. The first-order valence-electron chi connectivity index (χ1n) is 38.0. The smallest absolute Gasteiger partial charge is 0.160 e. The van der Waals surface area contributed by atoms with Crippen molar-refractivity contribution in [1.82, 2.24) is 23.7 Å². The lowest BCUT2D eigenvalue weighted by Gasteiger charge is -2.14. The van der Waals surface area contributed by atoms with Gasteiger partial charge in [0.2, 0.25) is 0 Å². The molecule has 0 aliphatic carbocycles. The zero-order chi connectivity index (χ0) is 73.2. The molecule has 0 N–H and O–H groups in total. The van der Waals surface area contributed by atoms with Gasteiger partial charge in [-0.3, -0.25) is 0 Å². The van der Waals surface area contributed by atoms with Gasteiger partial charge < -0.3 is 27.0 Å². The van der Waals surface area contributed by atoms with Gasteiger partial charge in [0.05, 0.1) is 44.3 Å². The molecule has 0 bridgehead atoms. The second kappa shape index (κ2) is 24.2. The highest BCUT2D eigenvalue weighted by Gasteiger charge is 2.22. The van der Waals surface area contributed by atoms with Crippen LogP contribution in [0.5, 0.6) is 0 Å². The molecule has 0 spiro atoms. The van der Waals surface area contributed by atoms with Gasteiger partial charge in [-0.2, -0.15) is 0 Å². The van der Waals surface area contributed by atoms with Gasteiger partial charge in [0.15, 0.2) is 5.82 Å². The van der Waals surface area contributed by atoms with Gasteiger partial charge in [-0.05, 0) is 213 Å². The van der Waals surface area contributed by atoms with Crippen LogP contribution < -0.4 is 0 Å². The first-order chi connectivity index (χ1) is 55.4. The molecular formula is C104H61N5O3. The average molecular weight is 1430 g/mol. The van der Waals surface area contributed by atoms with Crippen LogP contribution >= 0.6 is 0 Å². The summed E-state index contributed by atoms with van der Waals surface area (Å²) in [4.78, 5) is 11.0. The van der Waals surface area contributed by atoms with Crippen LogP contribution in [0.2, 0.25) is 0 Å². The quantitative estimate of drug-likeness (QED) is 0.136.